The zero-order valence-electron chi connectivity index (χ0n) is 13.1. The summed E-state index contributed by atoms with van der Waals surface area (Å²) in [5, 5.41) is 12.9. The maximum atomic E-state index is 13.6. The average molecular weight is 382 g/mol. The smallest absolute Gasteiger partial charge is 0.131 e. The largest absolute Gasteiger partial charge is 0.411 e. The molecule has 0 aliphatic heterocycles. The maximum Gasteiger partial charge on any atom is 0.131 e. The van der Waals surface area contributed by atoms with E-state index in [9.17, 15) is 8.78 Å². The van der Waals surface area contributed by atoms with Gasteiger partial charge in [-0.3, -0.25) is 0 Å². The van der Waals surface area contributed by atoms with Crippen LogP contribution in [0.3, 0.4) is 0 Å². The summed E-state index contributed by atoms with van der Waals surface area (Å²) in [6.45, 7) is 0. The highest BCUT2D eigenvalue weighted by Crippen LogP contribution is 2.22. The van der Waals surface area contributed by atoms with Crippen LogP contribution in [0, 0.1) is 11.6 Å². The van der Waals surface area contributed by atoms with E-state index in [1.54, 1.807) is 24.3 Å². The number of benzene rings is 2. The number of nitrogens with zero attached hydrogens (tertiary/aromatic N) is 1. The van der Waals surface area contributed by atoms with Crippen molar-refractivity contribution < 1.29 is 14.0 Å². The van der Waals surface area contributed by atoms with Crippen LogP contribution in [-0.2, 0) is 0 Å². The molecule has 0 aliphatic rings. The summed E-state index contributed by atoms with van der Waals surface area (Å²) in [5.41, 5.74) is 0.970. The predicted octanol–water partition coefficient (Wildman–Crippen LogP) is 6.61. The van der Waals surface area contributed by atoms with Gasteiger partial charge in [-0.05, 0) is 24.3 Å². The molecule has 0 amide bonds. The van der Waals surface area contributed by atoms with Crippen LogP contribution in [0.25, 0.3) is 12.2 Å². The molecule has 0 atom stereocenters. The minimum Gasteiger partial charge on any atom is -0.411 e. The van der Waals surface area contributed by atoms with E-state index in [2.05, 4.69) is 5.16 Å². The molecule has 0 spiro atoms. The van der Waals surface area contributed by atoms with Crippen LogP contribution in [0.5, 0.6) is 0 Å². The molecular weight excluding hydrogens is 367 g/mol. The summed E-state index contributed by atoms with van der Waals surface area (Å²) in [5.74, 6) is -0.861. The molecular formula is C19H15Cl2F2NO. The van der Waals surface area contributed by atoms with E-state index < -0.39 is 11.6 Å². The molecule has 6 heteroatoms. The second kappa shape index (κ2) is 9.35. The van der Waals surface area contributed by atoms with Crippen molar-refractivity contribution in [3.8, 4) is 0 Å². The van der Waals surface area contributed by atoms with Crippen LogP contribution in [0.1, 0.15) is 24.0 Å². The molecule has 2 nitrogen and oxygen atoms in total. The molecule has 130 valence electrons. The quantitative estimate of drug-likeness (QED) is 0.340. The number of oxime groups is 1. The lowest BCUT2D eigenvalue weighted by atomic mass is 10.1. The van der Waals surface area contributed by atoms with Crippen molar-refractivity contribution in [2.75, 3.05) is 0 Å². The first-order valence-electron chi connectivity index (χ1n) is 7.44. The van der Waals surface area contributed by atoms with E-state index in [0.717, 1.165) is 0 Å². The molecule has 0 saturated carbocycles. The van der Waals surface area contributed by atoms with Crippen molar-refractivity contribution in [2.45, 2.75) is 12.8 Å². The predicted molar refractivity (Wildman–Crippen MR) is 99.3 cm³/mol. The van der Waals surface area contributed by atoms with Gasteiger partial charge < -0.3 is 5.21 Å². The molecule has 25 heavy (non-hydrogen) atoms. The lowest BCUT2D eigenvalue weighted by Gasteiger charge is -2.01. The lowest BCUT2D eigenvalue weighted by Crippen LogP contribution is -1.94. The van der Waals surface area contributed by atoms with Gasteiger partial charge in [0.2, 0.25) is 0 Å². The fourth-order valence-corrected chi connectivity index (χ4v) is 2.58. The Morgan fingerprint density at radius 3 is 1.68 bits per heavy atom. The Morgan fingerprint density at radius 1 is 0.880 bits per heavy atom. The molecule has 0 saturated heterocycles. The monoisotopic (exact) mass is 381 g/mol. The van der Waals surface area contributed by atoms with Crippen molar-refractivity contribution in [1.82, 2.24) is 0 Å². The molecule has 2 rings (SSSR count). The standard InChI is InChI=1S/C19H15Cl2F2NO/c20-16-9-3-11-18(22)14(16)7-1-5-13(24-25)6-2-8-15-17(21)10-4-12-19(15)23/h1-4,7-12,25H,5-6H2. The van der Waals surface area contributed by atoms with Crippen LogP contribution in [0.4, 0.5) is 8.78 Å². The van der Waals surface area contributed by atoms with E-state index in [1.807, 2.05) is 0 Å². The molecule has 0 bridgehead atoms. The van der Waals surface area contributed by atoms with Crippen molar-refractivity contribution in [2.24, 2.45) is 5.16 Å². The molecule has 0 radical (unpaired) electrons. The topological polar surface area (TPSA) is 32.6 Å². The normalized spacial score (nSPS) is 11.4. The Balaban J connectivity index is 2.00. The minimum absolute atomic E-state index is 0.273. The summed E-state index contributed by atoms with van der Waals surface area (Å²) >= 11 is 11.9. The van der Waals surface area contributed by atoms with Crippen LogP contribution >= 0.6 is 23.2 Å². The molecule has 2 aromatic carbocycles. The van der Waals surface area contributed by atoms with E-state index in [-0.39, 0.29) is 24.0 Å². The highest BCUT2D eigenvalue weighted by atomic mass is 35.5. The van der Waals surface area contributed by atoms with E-state index in [4.69, 9.17) is 28.4 Å². The summed E-state index contributed by atoms with van der Waals surface area (Å²) in [6, 6.07) is 8.85. The van der Waals surface area contributed by atoms with Crippen molar-refractivity contribution in [1.29, 1.82) is 0 Å². The number of hydrogen-bond donors (Lipinski definition) is 1. The minimum atomic E-state index is -0.430. The SMILES string of the molecule is ON=C(CC=Cc1c(F)cccc1Cl)CC=Cc1c(F)cccc1Cl. The van der Waals surface area contributed by atoms with E-state index in [1.165, 1.54) is 36.4 Å². The Labute approximate surface area is 154 Å². The highest BCUT2D eigenvalue weighted by molar-refractivity contribution is 6.32. The van der Waals surface area contributed by atoms with Gasteiger partial charge in [-0.25, -0.2) is 8.78 Å². The van der Waals surface area contributed by atoms with Gasteiger partial charge in [-0.2, -0.15) is 0 Å². The summed E-state index contributed by atoms with van der Waals surface area (Å²) in [4.78, 5) is 0. The van der Waals surface area contributed by atoms with Crippen LogP contribution in [-0.4, -0.2) is 10.9 Å². The third-order valence-corrected chi connectivity index (χ3v) is 4.08. The molecule has 0 fully saturated rings. The van der Waals surface area contributed by atoms with Crippen molar-refractivity contribution in [3.05, 3.63) is 81.4 Å². The van der Waals surface area contributed by atoms with Crippen LogP contribution < -0.4 is 0 Å². The fourth-order valence-electron chi connectivity index (χ4n) is 2.13. The van der Waals surface area contributed by atoms with Crippen LogP contribution in [0.2, 0.25) is 10.0 Å². The van der Waals surface area contributed by atoms with Gasteiger partial charge in [0.25, 0.3) is 0 Å². The summed E-state index contributed by atoms with van der Waals surface area (Å²) < 4.78 is 27.3. The lowest BCUT2D eigenvalue weighted by molar-refractivity contribution is 0.317. The fraction of sp³-hybridized carbons (Fsp3) is 0.105. The zero-order chi connectivity index (χ0) is 18.2. The number of rotatable bonds is 6. The first-order chi connectivity index (χ1) is 12.0. The van der Waals surface area contributed by atoms with Gasteiger partial charge in [0.05, 0.1) is 15.8 Å². The van der Waals surface area contributed by atoms with Crippen LogP contribution in [0.15, 0.2) is 53.7 Å². The zero-order valence-corrected chi connectivity index (χ0v) is 14.6. The van der Waals surface area contributed by atoms with Gasteiger partial charge in [-0.1, -0.05) is 64.8 Å². The van der Waals surface area contributed by atoms with Crippen molar-refractivity contribution >= 4 is 41.1 Å². The Bertz CT molecular complexity index is 726. The number of hydrogen-bond acceptors (Lipinski definition) is 2. The molecule has 1 N–H and O–H groups in total. The van der Waals surface area contributed by atoms with E-state index >= 15 is 0 Å². The molecule has 0 aliphatic carbocycles. The Morgan fingerprint density at radius 2 is 1.32 bits per heavy atom. The molecule has 2 aromatic rings. The van der Waals surface area contributed by atoms with E-state index in [0.29, 0.717) is 15.8 Å². The Kier molecular flexibility index (Phi) is 7.16. The third kappa shape index (κ3) is 5.41. The first-order valence-corrected chi connectivity index (χ1v) is 8.19. The van der Waals surface area contributed by atoms with Gasteiger partial charge >= 0.3 is 0 Å². The second-order valence-electron chi connectivity index (χ2n) is 5.15. The first kappa shape index (κ1) is 19.2. The van der Waals surface area contributed by atoms with Crippen molar-refractivity contribution in [3.63, 3.8) is 0 Å². The molecule has 0 unspecified atom stereocenters. The highest BCUT2D eigenvalue weighted by Gasteiger charge is 2.04. The maximum absolute atomic E-state index is 13.6. The molecule has 0 heterocycles. The average Bonchev–Trinajstić information content (AvgIpc) is 2.58. The molecule has 0 aromatic heterocycles. The van der Waals surface area contributed by atoms with Gasteiger partial charge in [0, 0.05) is 24.0 Å². The Hall–Kier alpha value is -2.17. The number of allylic oxidation sites excluding steroid dienone is 2. The third-order valence-electron chi connectivity index (χ3n) is 3.42. The summed E-state index contributed by atoms with van der Waals surface area (Å²) in [7, 11) is 0. The second-order valence-corrected chi connectivity index (χ2v) is 5.96. The number of halogens is 4. The van der Waals surface area contributed by atoms with Gasteiger partial charge in [-0.15, -0.1) is 0 Å². The summed E-state index contributed by atoms with van der Waals surface area (Å²) in [6.07, 6.45) is 6.92. The van der Waals surface area contributed by atoms with Gasteiger partial charge in [0.1, 0.15) is 11.6 Å². The van der Waals surface area contributed by atoms with Gasteiger partial charge in [0.15, 0.2) is 0 Å².